The van der Waals surface area contributed by atoms with E-state index in [0.717, 1.165) is 12.0 Å². The maximum Gasteiger partial charge on any atom is 0.300 e. The van der Waals surface area contributed by atoms with E-state index in [4.69, 9.17) is 21.1 Å². The molecule has 2 aromatic carbocycles. The van der Waals surface area contributed by atoms with Crippen molar-refractivity contribution >= 4 is 34.7 Å². The minimum Gasteiger partial charge on any atom is -0.507 e. The first kappa shape index (κ1) is 23.3. The highest BCUT2D eigenvalue weighted by atomic mass is 35.5. The van der Waals surface area contributed by atoms with Crippen molar-refractivity contribution in [2.75, 3.05) is 19.1 Å². The number of hydrogen-bond acceptors (Lipinski definition) is 6. The van der Waals surface area contributed by atoms with Gasteiger partial charge in [0.05, 0.1) is 36.4 Å². The molecule has 0 spiro atoms. The molecule has 174 valence electrons. The van der Waals surface area contributed by atoms with Crippen LogP contribution in [0.15, 0.2) is 66.5 Å². The van der Waals surface area contributed by atoms with Crippen LogP contribution in [0.4, 0.5) is 5.69 Å². The number of ketones is 1. The summed E-state index contributed by atoms with van der Waals surface area (Å²) in [5.74, 6) is -1.42. The highest BCUT2D eigenvalue weighted by molar-refractivity contribution is 6.51. The molecule has 1 unspecified atom stereocenters. The third-order valence-corrected chi connectivity index (χ3v) is 6.11. The van der Waals surface area contributed by atoms with Crippen molar-refractivity contribution in [1.82, 2.24) is 4.98 Å². The van der Waals surface area contributed by atoms with E-state index in [-0.39, 0.29) is 33.4 Å². The summed E-state index contributed by atoms with van der Waals surface area (Å²) < 4.78 is 10.7. The van der Waals surface area contributed by atoms with E-state index in [1.54, 1.807) is 36.7 Å². The summed E-state index contributed by atoms with van der Waals surface area (Å²) in [5.41, 5.74) is 2.37. The van der Waals surface area contributed by atoms with Crippen molar-refractivity contribution < 1.29 is 24.2 Å². The zero-order valence-corrected chi connectivity index (χ0v) is 19.7. The lowest BCUT2D eigenvalue weighted by Gasteiger charge is -2.25. The summed E-state index contributed by atoms with van der Waals surface area (Å²) in [4.78, 5) is 32.0. The molecule has 0 bridgehead atoms. The zero-order valence-electron chi connectivity index (χ0n) is 18.9. The topological polar surface area (TPSA) is 89.0 Å². The van der Waals surface area contributed by atoms with Gasteiger partial charge in [-0.25, -0.2) is 0 Å². The number of carbonyl (C=O) groups is 2. The number of hydrogen-bond donors (Lipinski definition) is 1. The van der Waals surface area contributed by atoms with Gasteiger partial charge in [0, 0.05) is 24.1 Å². The fraction of sp³-hybridized carbons (Fsp3) is 0.192. The molecule has 1 amide bonds. The number of Topliss-reactive ketones (excluding diaryl/α,β-unsaturated/α-hetero) is 1. The van der Waals surface area contributed by atoms with E-state index >= 15 is 0 Å². The first-order valence-electron chi connectivity index (χ1n) is 10.6. The Morgan fingerprint density at radius 1 is 1.03 bits per heavy atom. The highest BCUT2D eigenvalue weighted by Gasteiger charge is 2.47. The van der Waals surface area contributed by atoms with Crippen molar-refractivity contribution in [3.63, 3.8) is 0 Å². The van der Waals surface area contributed by atoms with Crippen molar-refractivity contribution in [2.45, 2.75) is 19.4 Å². The molecule has 1 aromatic heterocycles. The standard InChI is InChI=1S/C26H23ClN2O5/c1-4-15-5-7-17(8-6-15)29-23(16-9-11-28-12-10-16)22(25(31)26(29)32)24(30)18-13-21(34-3)19(27)14-20(18)33-2/h5-14,23,30H,4H2,1-3H3/b24-22+. The number of anilines is 1. The van der Waals surface area contributed by atoms with Crippen molar-refractivity contribution in [2.24, 2.45) is 0 Å². The minimum absolute atomic E-state index is 0.0709. The number of rotatable bonds is 6. The average Bonchev–Trinajstić information content (AvgIpc) is 3.14. The number of nitrogens with zero attached hydrogens (tertiary/aromatic N) is 2. The van der Waals surface area contributed by atoms with Crippen LogP contribution in [0.25, 0.3) is 5.76 Å². The van der Waals surface area contributed by atoms with Crippen LogP contribution in [0.2, 0.25) is 5.02 Å². The normalized spacial score (nSPS) is 17.2. The Bertz CT molecular complexity index is 1270. The smallest absolute Gasteiger partial charge is 0.300 e. The summed E-state index contributed by atoms with van der Waals surface area (Å²) in [6.45, 7) is 2.03. The molecule has 4 rings (SSSR count). The third-order valence-electron chi connectivity index (χ3n) is 5.82. The van der Waals surface area contributed by atoms with Crippen LogP contribution in [-0.2, 0) is 16.0 Å². The van der Waals surface area contributed by atoms with Crippen LogP contribution in [0.5, 0.6) is 11.5 Å². The van der Waals surface area contributed by atoms with Gasteiger partial charge < -0.3 is 14.6 Å². The van der Waals surface area contributed by atoms with E-state index in [9.17, 15) is 14.7 Å². The lowest BCUT2D eigenvalue weighted by molar-refractivity contribution is -0.132. The number of amides is 1. The van der Waals surface area contributed by atoms with E-state index in [1.807, 2.05) is 19.1 Å². The third kappa shape index (κ3) is 3.99. The quantitative estimate of drug-likeness (QED) is 0.306. The number of benzene rings is 2. The molecule has 34 heavy (non-hydrogen) atoms. The van der Waals surface area contributed by atoms with Gasteiger partial charge in [-0.15, -0.1) is 0 Å². The van der Waals surface area contributed by atoms with Crippen LogP contribution >= 0.6 is 11.6 Å². The van der Waals surface area contributed by atoms with Crippen molar-refractivity contribution in [3.8, 4) is 11.5 Å². The fourth-order valence-electron chi connectivity index (χ4n) is 4.04. The van der Waals surface area contributed by atoms with Gasteiger partial charge >= 0.3 is 0 Å². The molecule has 1 saturated heterocycles. The number of pyridine rings is 1. The fourth-order valence-corrected chi connectivity index (χ4v) is 4.27. The van der Waals surface area contributed by atoms with Gasteiger partial charge in [0.15, 0.2) is 0 Å². The van der Waals surface area contributed by atoms with Crippen molar-refractivity contribution in [1.29, 1.82) is 0 Å². The molecule has 1 aliphatic heterocycles. The van der Waals surface area contributed by atoms with Gasteiger partial charge in [-0.2, -0.15) is 0 Å². The Balaban J connectivity index is 1.96. The molecule has 1 fully saturated rings. The van der Waals surface area contributed by atoms with E-state index in [1.165, 1.54) is 31.3 Å². The summed E-state index contributed by atoms with van der Waals surface area (Å²) in [5, 5.41) is 11.7. The summed E-state index contributed by atoms with van der Waals surface area (Å²) in [6.07, 6.45) is 3.98. The predicted molar refractivity (Wildman–Crippen MR) is 129 cm³/mol. The molecular formula is C26H23ClN2O5. The molecule has 1 aliphatic rings. The van der Waals surface area contributed by atoms with Crippen molar-refractivity contribution in [3.05, 3.63) is 88.2 Å². The summed E-state index contributed by atoms with van der Waals surface area (Å²) in [6, 6.07) is 12.9. The van der Waals surface area contributed by atoms with E-state index in [2.05, 4.69) is 4.98 Å². The number of ether oxygens (including phenoxy) is 2. The minimum atomic E-state index is -0.873. The SMILES string of the molecule is CCc1ccc(N2C(=O)C(=O)/C(=C(/O)c3cc(OC)c(Cl)cc3OC)C2c2ccncc2)cc1. The largest absolute Gasteiger partial charge is 0.507 e. The first-order valence-corrected chi connectivity index (χ1v) is 11.0. The number of carbonyl (C=O) groups excluding carboxylic acids is 2. The Hall–Kier alpha value is -3.84. The number of halogens is 1. The summed E-state index contributed by atoms with van der Waals surface area (Å²) in [7, 11) is 2.86. The highest BCUT2D eigenvalue weighted by Crippen LogP contribution is 2.44. The van der Waals surface area contributed by atoms with Gasteiger partial charge in [0.2, 0.25) is 0 Å². The molecule has 0 aliphatic carbocycles. The second kappa shape index (κ2) is 9.57. The number of aryl methyl sites for hydroxylation is 1. The maximum absolute atomic E-state index is 13.3. The molecule has 0 radical (unpaired) electrons. The lowest BCUT2D eigenvalue weighted by Crippen LogP contribution is -2.29. The van der Waals surface area contributed by atoms with Crippen LogP contribution < -0.4 is 14.4 Å². The van der Waals surface area contributed by atoms with Gasteiger partial charge in [-0.3, -0.25) is 19.5 Å². The number of methoxy groups -OCH3 is 2. The van der Waals surface area contributed by atoms with Gasteiger partial charge in [0.1, 0.15) is 17.3 Å². The molecule has 1 atom stereocenters. The van der Waals surface area contributed by atoms with Gasteiger partial charge in [-0.05, 0) is 47.9 Å². The molecule has 2 heterocycles. The lowest BCUT2D eigenvalue weighted by atomic mass is 9.95. The van der Waals surface area contributed by atoms with E-state index in [0.29, 0.717) is 11.3 Å². The van der Waals surface area contributed by atoms with Crippen LogP contribution in [0.1, 0.15) is 29.7 Å². The Labute approximate surface area is 202 Å². The summed E-state index contributed by atoms with van der Waals surface area (Å²) >= 11 is 6.21. The number of aliphatic hydroxyl groups excluding tert-OH is 1. The Kier molecular flexibility index (Phi) is 6.56. The molecular weight excluding hydrogens is 456 g/mol. The first-order chi connectivity index (χ1) is 16.4. The van der Waals surface area contributed by atoms with Crippen LogP contribution in [0, 0.1) is 0 Å². The van der Waals surface area contributed by atoms with Crippen LogP contribution in [-0.4, -0.2) is 36.0 Å². The molecule has 3 aromatic rings. The second-order valence-corrected chi connectivity index (χ2v) is 8.06. The van der Waals surface area contributed by atoms with Gasteiger partial charge in [-0.1, -0.05) is 30.7 Å². The maximum atomic E-state index is 13.3. The van der Waals surface area contributed by atoms with Crippen LogP contribution in [0.3, 0.4) is 0 Å². The number of aliphatic hydroxyl groups is 1. The predicted octanol–water partition coefficient (Wildman–Crippen LogP) is 4.94. The average molecular weight is 479 g/mol. The molecule has 1 N–H and O–H groups in total. The van der Waals surface area contributed by atoms with Gasteiger partial charge in [0.25, 0.3) is 11.7 Å². The number of aromatic nitrogens is 1. The molecule has 8 heteroatoms. The Morgan fingerprint density at radius 3 is 2.26 bits per heavy atom. The molecule has 7 nitrogen and oxygen atoms in total. The van der Waals surface area contributed by atoms with E-state index < -0.39 is 17.7 Å². The Morgan fingerprint density at radius 2 is 1.68 bits per heavy atom. The molecule has 0 saturated carbocycles. The second-order valence-electron chi connectivity index (χ2n) is 7.66. The monoisotopic (exact) mass is 478 g/mol. The zero-order chi connectivity index (χ0) is 24.4.